The summed E-state index contributed by atoms with van der Waals surface area (Å²) in [6.07, 6.45) is 20.5. The molecule has 7 fully saturated rings. The van der Waals surface area contributed by atoms with Crippen molar-refractivity contribution in [3.63, 3.8) is 0 Å². The fourth-order valence-corrected chi connectivity index (χ4v) is 17.0. The number of aliphatic hydroxyl groups excluding tert-OH is 4. The largest absolute Gasteiger partial charge is 0.412 e. The van der Waals surface area contributed by atoms with Gasteiger partial charge in [-0.3, -0.25) is 4.18 Å². The van der Waals surface area contributed by atoms with E-state index >= 15 is 0 Å². The molecule has 6 aliphatic carbocycles. The Bertz CT molecular complexity index is 4560. The molecule has 26 nitrogen and oxygen atoms in total. The molecule has 28 heteroatoms. The second-order valence-electron chi connectivity index (χ2n) is 29.3. The van der Waals surface area contributed by atoms with Crippen molar-refractivity contribution in [2.75, 3.05) is 35.8 Å². The summed E-state index contributed by atoms with van der Waals surface area (Å²) in [4.78, 5) is 13.5. The molecule has 9 aromatic rings. The van der Waals surface area contributed by atoms with E-state index in [-0.39, 0.29) is 99.5 Å². The number of fused-ring (bicyclic) bond motifs is 5. The number of aromatic nitrogens is 9. The zero-order valence-electron chi connectivity index (χ0n) is 58.3. The monoisotopic (exact) mass is 1520 g/mol. The number of nitrogens with one attached hydrogen (secondary N) is 3. The summed E-state index contributed by atoms with van der Waals surface area (Å²) in [5.41, 5.74) is 13.6. The van der Waals surface area contributed by atoms with E-state index < -0.39 is 46.0 Å². The van der Waals surface area contributed by atoms with E-state index in [2.05, 4.69) is 108 Å². The number of ether oxygens (including phenoxy) is 4. The van der Waals surface area contributed by atoms with Gasteiger partial charge in [-0.1, -0.05) is 86.4 Å². The van der Waals surface area contributed by atoms with Crippen molar-refractivity contribution in [1.29, 1.82) is 0 Å². The molecular weight excluding hydrogens is 1430 g/mol. The van der Waals surface area contributed by atoms with Crippen LogP contribution in [0.1, 0.15) is 146 Å². The zero-order chi connectivity index (χ0) is 69.0. The second kappa shape index (κ2) is 31.5. The van der Waals surface area contributed by atoms with Crippen molar-refractivity contribution in [3.05, 3.63) is 151 Å². The van der Waals surface area contributed by atoms with E-state index in [0.29, 0.717) is 29.7 Å². The number of hydrogen-bond donors (Lipinski definition) is 8. The number of anilines is 3. The molecule has 6 aromatic heterocycles. The summed E-state index contributed by atoms with van der Waals surface area (Å²) < 4.78 is 56.8. The van der Waals surface area contributed by atoms with Gasteiger partial charge >= 0.3 is 10.3 Å². The molecule has 0 radical (unpaired) electrons. The van der Waals surface area contributed by atoms with Crippen molar-refractivity contribution in [3.8, 4) is 33.8 Å². The van der Waals surface area contributed by atoms with Gasteiger partial charge < -0.3 is 66.3 Å². The Hall–Kier alpha value is -7.21. The standard InChI is InChI=1S/C26H32N4O3.C26H30N4O3.C23H29N5O5S.2H2O.Pd/c2*1-26(2)32-24-19(15-31)13-21(25(24)33-26)28-22-10-11-27-23-14-20(29-30(22)23)18-9-5-8-17(12-18)16-6-3-4-7-16;24-34(31,32)33-13-17-11-19(23(30)22(17)29)26-20-8-9-25-21-12-18(27-28(20)21)16-7-3-6-15(10-16)14-4-1-2-5-14;;;/h5,8-12,14,16,19,21,24-25,28,31H,3-4,6-7,13,15H2,1-2H3;5-6,8-12,14,19,21,24-25,28,31H,3-4,7,13,15H2,1-2H3;3,6-10,12,14,17,19,22-23,26,29-30H,1-2,4-5,11,13H2,(H2,24,31,32);2*1H2;/t2*19-,21-,24-,25+;17-,19-,22-,23+;;;/m111.../s1. The average Bonchev–Trinajstić information content (AvgIpc) is 1.61. The zero-order valence-corrected chi connectivity index (χ0v) is 60.6. The first-order valence-corrected chi connectivity index (χ1v) is 37.1. The van der Waals surface area contributed by atoms with Gasteiger partial charge in [0.05, 0.1) is 60.1 Å². The number of nitrogens with two attached hydrogens (primary N) is 1. The molecule has 103 heavy (non-hydrogen) atoms. The summed E-state index contributed by atoms with van der Waals surface area (Å²) in [5.74, 6) is 1.84. The Morgan fingerprint density at radius 1 is 0.524 bits per heavy atom. The molecule has 12 atom stereocenters. The van der Waals surface area contributed by atoms with Gasteiger partial charge in [0.15, 0.2) is 28.5 Å². The maximum atomic E-state index is 11.1. The maximum Gasteiger partial charge on any atom is 0.333 e. The molecule has 2 aliphatic heterocycles. The molecule has 0 bridgehead atoms. The van der Waals surface area contributed by atoms with Gasteiger partial charge in [0.2, 0.25) is 0 Å². The summed E-state index contributed by atoms with van der Waals surface area (Å²) in [5, 5.41) is 70.5. The van der Waals surface area contributed by atoms with Crippen LogP contribution in [0.15, 0.2) is 134 Å². The van der Waals surface area contributed by atoms with Crippen LogP contribution in [0.25, 0.3) is 56.3 Å². The fraction of sp³-hybridized carbons (Fsp3) is 0.493. The molecule has 8 aliphatic rings. The number of nitrogens with zero attached hydrogens (tertiary/aromatic N) is 9. The number of benzene rings is 3. The minimum absolute atomic E-state index is 0. The van der Waals surface area contributed by atoms with E-state index in [4.69, 9.17) is 39.4 Å². The van der Waals surface area contributed by atoms with Crippen molar-refractivity contribution < 1.29 is 83.3 Å². The summed E-state index contributed by atoms with van der Waals surface area (Å²) in [6, 6.07) is 37.1. The molecule has 13 N–H and O–H groups in total. The van der Waals surface area contributed by atoms with Crippen molar-refractivity contribution in [1.82, 2.24) is 43.8 Å². The molecule has 0 spiro atoms. The third-order valence-corrected chi connectivity index (χ3v) is 22.0. The van der Waals surface area contributed by atoms with Crippen LogP contribution in [0.4, 0.5) is 17.5 Å². The van der Waals surface area contributed by atoms with Gasteiger partial charge in [0.25, 0.3) is 0 Å². The smallest absolute Gasteiger partial charge is 0.333 e. The van der Waals surface area contributed by atoms with Crippen LogP contribution in [0, 0.1) is 17.8 Å². The van der Waals surface area contributed by atoms with Gasteiger partial charge in [0, 0.05) is 105 Å². The number of allylic oxidation sites excluding steroid dienone is 2. The minimum Gasteiger partial charge on any atom is -0.412 e. The molecular formula is C75H95N13O13PdS. The van der Waals surface area contributed by atoms with E-state index in [1.54, 1.807) is 23.0 Å². The van der Waals surface area contributed by atoms with Crippen molar-refractivity contribution >= 4 is 50.3 Å². The van der Waals surface area contributed by atoms with Crippen molar-refractivity contribution in [2.45, 2.75) is 196 Å². The van der Waals surface area contributed by atoms with Gasteiger partial charge in [-0.2, -0.15) is 37.3 Å². The summed E-state index contributed by atoms with van der Waals surface area (Å²) in [6.45, 7) is 7.59. The van der Waals surface area contributed by atoms with Crippen LogP contribution in [0.3, 0.4) is 0 Å². The Morgan fingerprint density at radius 3 is 1.34 bits per heavy atom. The van der Waals surface area contributed by atoms with Gasteiger partial charge in [0.1, 0.15) is 35.8 Å². The van der Waals surface area contributed by atoms with E-state index in [9.17, 15) is 28.8 Å². The molecule has 17 rings (SSSR count). The first-order chi connectivity index (χ1) is 48.3. The molecule has 554 valence electrons. The quantitative estimate of drug-likeness (QED) is 0.0395. The first kappa shape index (κ1) is 75.5. The average molecular weight is 1530 g/mol. The molecule has 5 saturated carbocycles. The molecule has 2 saturated heterocycles. The SMILES string of the molecule is CC1(C)O[C@@H]2[C@@H](CO)C[C@@H](Nc3ccnc4cc(-c5cccc(C6=CCCC6)c5)nn34)[C@@H]2O1.CC1(C)O[C@@H]2[C@@H](CO)C[C@@H](Nc3ccnc4cc(-c5cccc(C6CCCC6)c5)nn34)[C@@H]2O1.NS(=O)(=O)OC[C@H]1C[C@@H](Nc2ccnc3cc(-c4cccc(C5CCCC5)c4)nn23)[C@H](O)[C@@H]1O.O.O.[Pd]. The first-order valence-electron chi connectivity index (χ1n) is 35.6. The Morgan fingerprint density at radius 2 is 0.922 bits per heavy atom. The third kappa shape index (κ3) is 16.3. The van der Waals surface area contributed by atoms with Gasteiger partial charge in [-0.15, -0.1) is 0 Å². The molecule has 0 unspecified atom stereocenters. The molecule has 0 amide bonds. The second-order valence-corrected chi connectivity index (χ2v) is 30.5. The van der Waals surface area contributed by atoms with Gasteiger partial charge in [-0.25, -0.2) is 20.1 Å². The van der Waals surface area contributed by atoms with Crippen LogP contribution >= 0.6 is 0 Å². The van der Waals surface area contributed by atoms with E-state index in [1.165, 1.54) is 86.5 Å². The van der Waals surface area contributed by atoms with Crippen LogP contribution < -0.4 is 21.1 Å². The van der Waals surface area contributed by atoms with Crippen molar-refractivity contribution in [2.24, 2.45) is 22.9 Å². The third-order valence-electron chi connectivity index (χ3n) is 21.5. The number of aliphatic hydroxyl groups is 4. The Balaban J connectivity index is 0.000000144. The fourth-order valence-electron chi connectivity index (χ4n) is 16.7. The molecule has 8 heterocycles. The van der Waals surface area contributed by atoms with Gasteiger partial charge in [-0.05, 0) is 162 Å². The minimum atomic E-state index is -4.13. The Kier molecular flexibility index (Phi) is 23.1. The van der Waals surface area contributed by atoms with E-state index in [1.807, 2.05) is 79.3 Å². The molecule has 3 aromatic carbocycles. The van der Waals surface area contributed by atoms with Crippen LogP contribution in [-0.4, -0.2) is 170 Å². The number of rotatable bonds is 17. The maximum absolute atomic E-state index is 11.1. The predicted octanol–water partition coefficient (Wildman–Crippen LogP) is 8.79. The predicted molar refractivity (Wildman–Crippen MR) is 386 cm³/mol. The summed E-state index contributed by atoms with van der Waals surface area (Å²) in [7, 11) is -4.13. The Labute approximate surface area is 612 Å². The topological polar surface area (TPSA) is 377 Å². The normalized spacial score (nSPS) is 26.9. The van der Waals surface area contributed by atoms with E-state index in [0.717, 1.165) is 76.0 Å². The van der Waals surface area contributed by atoms with Crippen LogP contribution in [-0.2, 0) is 53.9 Å². The van der Waals surface area contributed by atoms with Crippen LogP contribution in [0.5, 0.6) is 0 Å². The summed E-state index contributed by atoms with van der Waals surface area (Å²) >= 11 is 0. The number of hydrogen-bond acceptors (Lipinski definition) is 20. The van der Waals surface area contributed by atoms with Crippen LogP contribution in [0.2, 0.25) is 0 Å².